The van der Waals surface area contributed by atoms with Crippen LogP contribution in [0.5, 0.6) is 5.75 Å². The number of nitrogens with one attached hydrogen (secondary N) is 1. The van der Waals surface area contributed by atoms with E-state index in [-0.39, 0.29) is 12.5 Å². The monoisotopic (exact) mass is 533 g/mol. The lowest BCUT2D eigenvalue weighted by atomic mass is 10.1. The Kier molecular flexibility index (Phi) is 7.06. The number of hydrogen-bond acceptors (Lipinski definition) is 4. The fraction of sp³-hybridized carbons (Fsp3) is 0.190. The first-order chi connectivity index (χ1) is 13.9. The topological polar surface area (TPSA) is 65.4 Å². The van der Waals surface area contributed by atoms with Crippen molar-refractivity contribution in [2.75, 3.05) is 6.54 Å². The van der Waals surface area contributed by atoms with Crippen molar-refractivity contribution in [2.45, 2.75) is 20.0 Å². The predicted molar refractivity (Wildman–Crippen MR) is 123 cm³/mol. The molecule has 2 aromatic rings. The zero-order valence-corrected chi connectivity index (χ0v) is 19.5. The second-order valence-corrected chi connectivity index (χ2v) is 8.41. The van der Waals surface area contributed by atoms with Crippen LogP contribution in [0.25, 0.3) is 6.08 Å². The molecule has 8 heteroatoms. The van der Waals surface area contributed by atoms with Gasteiger partial charge in [-0.3, -0.25) is 9.69 Å². The van der Waals surface area contributed by atoms with E-state index >= 15 is 0 Å². The zero-order chi connectivity index (χ0) is 21.0. The molecule has 148 valence electrons. The molecule has 1 amide bonds. The number of nitriles is 1. The van der Waals surface area contributed by atoms with Crippen LogP contribution in [0.4, 0.5) is 0 Å². The molecule has 0 aromatic heterocycles. The fourth-order valence-electron chi connectivity index (χ4n) is 2.87. The summed E-state index contributed by atoms with van der Waals surface area (Å²) in [6, 6.07) is 13.2. The van der Waals surface area contributed by atoms with Crippen LogP contribution in [0.2, 0.25) is 0 Å². The second-order valence-electron chi connectivity index (χ2n) is 6.32. The highest BCUT2D eigenvalue weighted by molar-refractivity contribution is 9.11. The third kappa shape index (κ3) is 4.86. The lowest BCUT2D eigenvalue weighted by Crippen LogP contribution is -2.31. The first-order valence-corrected chi connectivity index (χ1v) is 10.9. The Morgan fingerprint density at radius 3 is 2.62 bits per heavy atom. The fourth-order valence-corrected chi connectivity index (χ4v) is 4.61. The van der Waals surface area contributed by atoms with Gasteiger partial charge < -0.3 is 10.1 Å². The summed E-state index contributed by atoms with van der Waals surface area (Å²) in [6.45, 7) is 2.85. The van der Waals surface area contributed by atoms with Crippen LogP contribution in [0.1, 0.15) is 30.0 Å². The van der Waals surface area contributed by atoms with Crippen molar-refractivity contribution in [3.63, 3.8) is 0 Å². The molecular formula is C21H17Br2N3O2S. The molecule has 1 heterocycles. The summed E-state index contributed by atoms with van der Waals surface area (Å²) in [5, 5.41) is 12.6. The number of benzene rings is 2. The highest BCUT2D eigenvalue weighted by atomic mass is 79.9. The number of ether oxygens (including phenoxy) is 1. The van der Waals surface area contributed by atoms with E-state index in [1.165, 1.54) is 0 Å². The average Bonchev–Trinajstić information content (AvgIpc) is 2.95. The summed E-state index contributed by atoms with van der Waals surface area (Å²) in [5.74, 6) is 0.492. The van der Waals surface area contributed by atoms with Gasteiger partial charge >= 0.3 is 0 Å². The van der Waals surface area contributed by atoms with E-state index in [1.54, 1.807) is 17.0 Å². The Bertz CT molecular complexity index is 1020. The summed E-state index contributed by atoms with van der Waals surface area (Å²) < 4.78 is 7.39. The Balaban J connectivity index is 1.80. The minimum atomic E-state index is -0.127. The van der Waals surface area contributed by atoms with Gasteiger partial charge in [0.15, 0.2) is 5.11 Å². The Morgan fingerprint density at radius 2 is 1.97 bits per heavy atom. The van der Waals surface area contributed by atoms with Crippen molar-refractivity contribution in [3.8, 4) is 11.8 Å². The van der Waals surface area contributed by atoms with Crippen molar-refractivity contribution in [1.29, 1.82) is 5.26 Å². The van der Waals surface area contributed by atoms with E-state index in [0.717, 1.165) is 26.5 Å². The number of nitrogens with zero attached hydrogens (tertiary/aromatic N) is 2. The standard InChI is InChI=1S/C21H17Br2N3O2S/c1-2-7-26-20(27)18(25-21(26)29)10-13-8-16(22)19(17(23)9-13)28-12-15-6-4-3-5-14(15)11-24/h3-6,8-10H,2,7,12H2,1H3,(H,25,29)/b18-10-. The second kappa shape index (κ2) is 9.53. The van der Waals surface area contributed by atoms with Crippen LogP contribution in [0, 0.1) is 11.3 Å². The maximum Gasteiger partial charge on any atom is 0.276 e. The van der Waals surface area contributed by atoms with Gasteiger partial charge in [0.1, 0.15) is 18.1 Å². The van der Waals surface area contributed by atoms with Crippen LogP contribution in [0.15, 0.2) is 51.0 Å². The van der Waals surface area contributed by atoms with Crippen molar-refractivity contribution < 1.29 is 9.53 Å². The highest BCUT2D eigenvalue weighted by Crippen LogP contribution is 2.36. The van der Waals surface area contributed by atoms with Gasteiger partial charge in [0, 0.05) is 12.1 Å². The SMILES string of the molecule is CCCN1C(=O)/C(=C/c2cc(Br)c(OCc3ccccc3C#N)c(Br)c2)NC1=S. The van der Waals surface area contributed by atoms with E-state index in [9.17, 15) is 10.1 Å². The predicted octanol–water partition coefficient (Wildman–Crippen LogP) is 5.13. The molecule has 5 nitrogen and oxygen atoms in total. The van der Waals surface area contributed by atoms with Crippen LogP contribution in [-0.4, -0.2) is 22.5 Å². The van der Waals surface area contributed by atoms with E-state index in [4.69, 9.17) is 17.0 Å². The van der Waals surface area contributed by atoms with Gasteiger partial charge in [-0.1, -0.05) is 25.1 Å². The molecule has 1 N–H and O–H groups in total. The average molecular weight is 535 g/mol. The molecule has 0 unspecified atom stereocenters. The third-order valence-electron chi connectivity index (χ3n) is 4.25. The minimum Gasteiger partial charge on any atom is -0.486 e. The molecule has 0 saturated carbocycles. The number of halogens is 2. The smallest absolute Gasteiger partial charge is 0.276 e. The molecule has 1 saturated heterocycles. The van der Waals surface area contributed by atoms with E-state index < -0.39 is 0 Å². The largest absolute Gasteiger partial charge is 0.486 e. The first-order valence-electron chi connectivity index (χ1n) is 8.89. The molecule has 0 radical (unpaired) electrons. The summed E-state index contributed by atoms with van der Waals surface area (Å²) >= 11 is 12.3. The quantitative estimate of drug-likeness (QED) is 0.411. The Labute approximate surface area is 191 Å². The normalized spacial score (nSPS) is 14.8. The minimum absolute atomic E-state index is 0.127. The summed E-state index contributed by atoms with van der Waals surface area (Å²) in [5.41, 5.74) is 2.65. The van der Waals surface area contributed by atoms with Crippen LogP contribution in [0.3, 0.4) is 0 Å². The van der Waals surface area contributed by atoms with Gasteiger partial charge in [-0.25, -0.2) is 0 Å². The van der Waals surface area contributed by atoms with Crippen LogP contribution in [-0.2, 0) is 11.4 Å². The van der Waals surface area contributed by atoms with Crippen molar-refractivity contribution in [1.82, 2.24) is 10.2 Å². The number of carbonyl (C=O) groups excluding carboxylic acids is 1. The van der Waals surface area contributed by atoms with Gasteiger partial charge in [-0.2, -0.15) is 5.26 Å². The molecule has 2 aromatic carbocycles. The molecule has 0 atom stereocenters. The molecular weight excluding hydrogens is 518 g/mol. The van der Waals surface area contributed by atoms with Crippen molar-refractivity contribution in [3.05, 3.63) is 67.7 Å². The summed E-state index contributed by atoms with van der Waals surface area (Å²) in [6.07, 6.45) is 2.59. The molecule has 0 bridgehead atoms. The van der Waals surface area contributed by atoms with Crippen molar-refractivity contribution >= 4 is 61.2 Å². The lowest BCUT2D eigenvalue weighted by Gasteiger charge is -2.12. The summed E-state index contributed by atoms with van der Waals surface area (Å²) in [4.78, 5) is 14.1. The van der Waals surface area contributed by atoms with Gasteiger partial charge in [-0.05, 0) is 80.3 Å². The maximum absolute atomic E-state index is 12.5. The van der Waals surface area contributed by atoms with Crippen LogP contribution >= 0.6 is 44.1 Å². The molecule has 0 spiro atoms. The van der Waals surface area contributed by atoms with Gasteiger partial charge in [0.2, 0.25) is 0 Å². The van der Waals surface area contributed by atoms with Gasteiger partial charge in [0.25, 0.3) is 5.91 Å². The number of hydrogen-bond donors (Lipinski definition) is 1. The molecule has 0 aliphatic carbocycles. The first kappa shape index (κ1) is 21.5. The number of carbonyl (C=O) groups is 1. The van der Waals surface area contributed by atoms with E-state index in [2.05, 4.69) is 43.2 Å². The summed E-state index contributed by atoms with van der Waals surface area (Å²) in [7, 11) is 0. The zero-order valence-electron chi connectivity index (χ0n) is 15.5. The molecule has 3 rings (SSSR count). The van der Waals surface area contributed by atoms with Crippen LogP contribution < -0.4 is 10.1 Å². The molecule has 29 heavy (non-hydrogen) atoms. The van der Waals surface area contributed by atoms with Gasteiger partial charge in [-0.15, -0.1) is 0 Å². The van der Waals surface area contributed by atoms with Crippen molar-refractivity contribution in [2.24, 2.45) is 0 Å². The number of thiocarbonyl (C=S) groups is 1. The number of rotatable bonds is 6. The lowest BCUT2D eigenvalue weighted by molar-refractivity contribution is -0.122. The molecule has 1 fully saturated rings. The van der Waals surface area contributed by atoms with E-state index in [1.807, 2.05) is 37.3 Å². The number of amides is 1. The van der Waals surface area contributed by atoms with E-state index in [0.29, 0.717) is 28.7 Å². The third-order valence-corrected chi connectivity index (χ3v) is 5.75. The molecule has 1 aliphatic heterocycles. The Hall–Kier alpha value is -2.21. The highest BCUT2D eigenvalue weighted by Gasteiger charge is 2.29. The Morgan fingerprint density at radius 1 is 1.28 bits per heavy atom. The molecule has 1 aliphatic rings. The maximum atomic E-state index is 12.5. The van der Waals surface area contributed by atoms with Gasteiger partial charge in [0.05, 0.1) is 20.6 Å².